The van der Waals surface area contributed by atoms with Gasteiger partial charge in [0, 0.05) is 7.05 Å². The largest absolute Gasteiger partial charge is 0.484 e. The molecular formula is C20H18N4O4S2. The number of sulfonamides is 1. The van der Waals surface area contributed by atoms with Crippen LogP contribution in [0.1, 0.15) is 0 Å². The Balaban J connectivity index is 1.36. The quantitative estimate of drug-likeness (QED) is 0.456. The monoisotopic (exact) mass is 442 g/mol. The molecule has 2 heterocycles. The summed E-state index contributed by atoms with van der Waals surface area (Å²) < 4.78 is 32.1. The maximum atomic E-state index is 12.6. The van der Waals surface area contributed by atoms with Gasteiger partial charge in [0.05, 0.1) is 16.7 Å². The van der Waals surface area contributed by atoms with Crippen LogP contribution in [0.15, 0.2) is 70.3 Å². The summed E-state index contributed by atoms with van der Waals surface area (Å²) in [5.74, 6) is 0.427. The number of nitrogens with zero attached hydrogens (tertiary/aromatic N) is 2. The van der Waals surface area contributed by atoms with Gasteiger partial charge < -0.3 is 9.72 Å². The average molecular weight is 443 g/mol. The predicted molar refractivity (Wildman–Crippen MR) is 117 cm³/mol. The Hall–Kier alpha value is -3.37. The van der Waals surface area contributed by atoms with Crippen LogP contribution in [0.25, 0.3) is 11.0 Å². The van der Waals surface area contributed by atoms with Gasteiger partial charge in [-0.3, -0.25) is 14.4 Å². The summed E-state index contributed by atoms with van der Waals surface area (Å²) >= 11 is 1.16. The molecule has 0 bridgehead atoms. The van der Waals surface area contributed by atoms with Gasteiger partial charge in [-0.15, -0.1) is 11.3 Å². The van der Waals surface area contributed by atoms with Crippen LogP contribution in [-0.2, 0) is 14.8 Å². The lowest BCUT2D eigenvalue weighted by Gasteiger charge is -2.18. The number of carbonyl (C=O) groups is 1. The van der Waals surface area contributed by atoms with Crippen molar-refractivity contribution in [2.24, 2.45) is 0 Å². The Kier molecular flexibility index (Phi) is 5.42. The van der Waals surface area contributed by atoms with E-state index in [-0.39, 0.29) is 16.7 Å². The van der Waals surface area contributed by atoms with E-state index >= 15 is 0 Å². The third-order valence-electron chi connectivity index (χ3n) is 4.33. The number of imidazole rings is 1. The van der Waals surface area contributed by atoms with Crippen molar-refractivity contribution in [3.8, 4) is 5.75 Å². The number of aromatic amines is 1. The smallest absolute Gasteiger partial charge is 0.273 e. The molecular weight excluding hydrogens is 424 g/mol. The Bertz CT molecular complexity index is 1230. The van der Waals surface area contributed by atoms with Gasteiger partial charge in [0.1, 0.15) is 9.96 Å². The SMILES string of the molecule is CN(c1ccc(OCC(=O)Nc2nc3ccccc3[nH]2)cc1)S(=O)(=O)c1cccs1. The van der Waals surface area contributed by atoms with E-state index in [4.69, 9.17) is 4.74 Å². The van der Waals surface area contributed by atoms with Gasteiger partial charge in [-0.2, -0.15) is 0 Å². The zero-order chi connectivity index (χ0) is 21.1. The lowest BCUT2D eigenvalue weighted by atomic mass is 10.3. The van der Waals surface area contributed by atoms with Crippen LogP contribution in [0, 0.1) is 0 Å². The van der Waals surface area contributed by atoms with Gasteiger partial charge in [-0.25, -0.2) is 13.4 Å². The highest BCUT2D eigenvalue weighted by Gasteiger charge is 2.22. The van der Waals surface area contributed by atoms with Crippen molar-refractivity contribution in [2.75, 3.05) is 23.3 Å². The van der Waals surface area contributed by atoms with Gasteiger partial charge in [0.15, 0.2) is 6.61 Å². The lowest BCUT2D eigenvalue weighted by molar-refractivity contribution is -0.118. The topological polar surface area (TPSA) is 104 Å². The van der Waals surface area contributed by atoms with E-state index in [1.807, 2.05) is 24.3 Å². The van der Waals surface area contributed by atoms with Crippen LogP contribution in [0.3, 0.4) is 0 Å². The van der Waals surface area contributed by atoms with E-state index in [2.05, 4.69) is 15.3 Å². The first-order valence-electron chi connectivity index (χ1n) is 8.93. The Morgan fingerprint density at radius 2 is 1.90 bits per heavy atom. The number of aromatic nitrogens is 2. The molecule has 2 aromatic carbocycles. The maximum absolute atomic E-state index is 12.6. The first-order valence-corrected chi connectivity index (χ1v) is 11.3. The molecule has 0 aliphatic carbocycles. The van der Waals surface area contributed by atoms with Crippen LogP contribution in [0.5, 0.6) is 5.75 Å². The molecule has 0 atom stereocenters. The minimum absolute atomic E-state index is 0.209. The number of H-pyrrole nitrogens is 1. The number of fused-ring (bicyclic) bond motifs is 1. The zero-order valence-corrected chi connectivity index (χ0v) is 17.5. The van der Waals surface area contributed by atoms with Gasteiger partial charge in [-0.1, -0.05) is 18.2 Å². The van der Waals surface area contributed by atoms with E-state index in [0.717, 1.165) is 22.4 Å². The molecule has 2 N–H and O–H groups in total. The normalized spacial score (nSPS) is 11.4. The number of nitrogens with one attached hydrogen (secondary N) is 2. The number of anilines is 2. The Labute approximate surface area is 177 Å². The second-order valence-electron chi connectivity index (χ2n) is 6.34. The van der Waals surface area contributed by atoms with Crippen molar-refractivity contribution in [2.45, 2.75) is 4.21 Å². The predicted octanol–water partition coefficient (Wildman–Crippen LogP) is 3.47. The lowest BCUT2D eigenvalue weighted by Crippen LogP contribution is -2.25. The number of rotatable bonds is 7. The van der Waals surface area contributed by atoms with E-state index in [0.29, 0.717) is 17.4 Å². The highest BCUT2D eigenvalue weighted by molar-refractivity contribution is 7.94. The van der Waals surface area contributed by atoms with Gasteiger partial charge in [0.2, 0.25) is 5.95 Å². The second-order valence-corrected chi connectivity index (χ2v) is 9.48. The molecule has 0 radical (unpaired) electrons. The van der Waals surface area contributed by atoms with Crippen molar-refractivity contribution in [1.82, 2.24) is 9.97 Å². The van der Waals surface area contributed by atoms with Crippen molar-refractivity contribution in [3.63, 3.8) is 0 Å². The standard InChI is InChI=1S/C20H18N4O4S2/c1-24(30(26,27)19-7-4-12-29-19)14-8-10-15(11-9-14)28-13-18(25)23-20-21-16-5-2-3-6-17(16)22-20/h2-12H,13H2,1H3,(H2,21,22,23,25). The molecule has 0 spiro atoms. The molecule has 10 heteroatoms. The highest BCUT2D eigenvalue weighted by Crippen LogP contribution is 2.26. The molecule has 4 rings (SSSR count). The third-order valence-corrected chi connectivity index (χ3v) is 7.49. The van der Waals surface area contributed by atoms with E-state index < -0.39 is 10.0 Å². The number of para-hydroxylation sites is 2. The number of thiophene rings is 1. The van der Waals surface area contributed by atoms with Crippen LogP contribution >= 0.6 is 11.3 Å². The van der Waals surface area contributed by atoms with Crippen LogP contribution in [-0.4, -0.2) is 37.9 Å². The van der Waals surface area contributed by atoms with E-state index in [9.17, 15) is 13.2 Å². The van der Waals surface area contributed by atoms with E-state index in [1.165, 1.54) is 11.4 Å². The fraction of sp³-hybridized carbons (Fsp3) is 0.100. The summed E-state index contributed by atoms with van der Waals surface area (Å²) in [4.78, 5) is 19.4. The molecule has 2 aromatic heterocycles. The molecule has 154 valence electrons. The number of hydrogen-bond donors (Lipinski definition) is 2. The van der Waals surface area contributed by atoms with Crippen molar-refractivity contribution < 1.29 is 17.9 Å². The minimum atomic E-state index is -3.60. The first kappa shape index (κ1) is 19.9. The zero-order valence-electron chi connectivity index (χ0n) is 15.9. The summed E-state index contributed by atoms with van der Waals surface area (Å²) in [6.45, 7) is -0.209. The van der Waals surface area contributed by atoms with Gasteiger partial charge >= 0.3 is 0 Å². The van der Waals surface area contributed by atoms with Gasteiger partial charge in [-0.05, 0) is 47.8 Å². The van der Waals surface area contributed by atoms with Crippen molar-refractivity contribution in [3.05, 3.63) is 66.0 Å². The summed E-state index contributed by atoms with van der Waals surface area (Å²) in [7, 11) is -2.10. The molecule has 30 heavy (non-hydrogen) atoms. The number of hydrogen-bond acceptors (Lipinski definition) is 6. The molecule has 0 unspecified atom stereocenters. The molecule has 0 fully saturated rings. The molecule has 0 aliphatic rings. The fourth-order valence-electron chi connectivity index (χ4n) is 2.77. The minimum Gasteiger partial charge on any atom is -0.484 e. The fourth-order valence-corrected chi connectivity index (χ4v) is 5.12. The van der Waals surface area contributed by atoms with Crippen LogP contribution < -0.4 is 14.4 Å². The third kappa shape index (κ3) is 4.14. The summed E-state index contributed by atoms with van der Waals surface area (Å²) in [5.41, 5.74) is 2.07. The average Bonchev–Trinajstić information content (AvgIpc) is 3.42. The van der Waals surface area contributed by atoms with Crippen LogP contribution in [0.4, 0.5) is 11.6 Å². The number of carbonyl (C=O) groups excluding carboxylic acids is 1. The number of benzene rings is 2. The second kappa shape index (κ2) is 8.17. The highest BCUT2D eigenvalue weighted by atomic mass is 32.2. The number of ether oxygens (including phenoxy) is 1. The summed E-state index contributed by atoms with van der Waals surface area (Å²) in [5, 5.41) is 4.37. The Morgan fingerprint density at radius 1 is 1.13 bits per heavy atom. The van der Waals surface area contributed by atoms with Crippen LogP contribution in [0.2, 0.25) is 0 Å². The molecule has 0 saturated carbocycles. The summed E-state index contributed by atoms with van der Waals surface area (Å²) in [6, 6.07) is 17.2. The van der Waals surface area contributed by atoms with Gasteiger partial charge in [0.25, 0.3) is 15.9 Å². The molecule has 8 nitrogen and oxygen atoms in total. The summed E-state index contributed by atoms with van der Waals surface area (Å²) in [6.07, 6.45) is 0. The maximum Gasteiger partial charge on any atom is 0.273 e. The number of amides is 1. The molecule has 1 amide bonds. The molecule has 0 aliphatic heterocycles. The molecule has 4 aromatic rings. The molecule has 0 saturated heterocycles. The van der Waals surface area contributed by atoms with E-state index in [1.54, 1.807) is 41.8 Å². The Morgan fingerprint density at radius 3 is 2.60 bits per heavy atom. The van der Waals surface area contributed by atoms with Crippen molar-refractivity contribution >= 4 is 49.9 Å². The first-order chi connectivity index (χ1) is 14.4. The van der Waals surface area contributed by atoms with Crippen molar-refractivity contribution in [1.29, 1.82) is 0 Å².